The van der Waals surface area contributed by atoms with Crippen molar-refractivity contribution in [1.82, 2.24) is 13.6 Å². The standard InChI is InChI=1S/C16H27N3O3S/c1-3-4-8-20-9-10-21-11-12-22-16-15(17-23-18-16)14-6-5-7-19(2)13-14/h6H,3-5,7-13H2,1-2H3. The topological polar surface area (TPSA) is 56.7 Å². The van der Waals surface area contributed by atoms with E-state index >= 15 is 0 Å². The number of rotatable bonds is 11. The maximum atomic E-state index is 5.72. The molecular formula is C16H27N3O3S. The van der Waals surface area contributed by atoms with Crippen molar-refractivity contribution in [2.75, 3.05) is 53.2 Å². The van der Waals surface area contributed by atoms with E-state index in [-0.39, 0.29) is 0 Å². The summed E-state index contributed by atoms with van der Waals surface area (Å²) in [5, 5.41) is 0. The molecule has 0 bridgehead atoms. The van der Waals surface area contributed by atoms with Crippen LogP contribution in [0.5, 0.6) is 5.88 Å². The summed E-state index contributed by atoms with van der Waals surface area (Å²) < 4.78 is 25.3. The van der Waals surface area contributed by atoms with Crippen LogP contribution in [0.2, 0.25) is 0 Å². The molecular weight excluding hydrogens is 314 g/mol. The van der Waals surface area contributed by atoms with E-state index < -0.39 is 0 Å². The fourth-order valence-corrected chi connectivity index (χ4v) is 2.83. The first-order valence-corrected chi connectivity index (χ1v) is 9.03. The van der Waals surface area contributed by atoms with Gasteiger partial charge in [0.25, 0.3) is 5.88 Å². The summed E-state index contributed by atoms with van der Waals surface area (Å²) in [4.78, 5) is 2.28. The Balaban J connectivity index is 1.63. The van der Waals surface area contributed by atoms with Gasteiger partial charge in [-0.15, -0.1) is 4.37 Å². The van der Waals surface area contributed by atoms with Crippen LogP contribution in [0.15, 0.2) is 6.08 Å². The first-order valence-electron chi connectivity index (χ1n) is 8.30. The van der Waals surface area contributed by atoms with E-state index in [1.165, 1.54) is 17.3 Å². The van der Waals surface area contributed by atoms with E-state index in [1.54, 1.807) is 0 Å². The van der Waals surface area contributed by atoms with E-state index in [9.17, 15) is 0 Å². The number of likely N-dealkylation sites (N-methyl/N-ethyl adjacent to an activating group) is 1. The maximum absolute atomic E-state index is 5.72. The van der Waals surface area contributed by atoms with Crippen LogP contribution in [0.1, 0.15) is 31.9 Å². The Bertz CT molecular complexity index is 479. The van der Waals surface area contributed by atoms with Crippen LogP contribution in [0.4, 0.5) is 0 Å². The quantitative estimate of drug-likeness (QED) is 0.576. The second-order valence-electron chi connectivity index (χ2n) is 5.60. The van der Waals surface area contributed by atoms with Gasteiger partial charge in [-0.3, -0.25) is 0 Å². The van der Waals surface area contributed by atoms with Crippen LogP contribution < -0.4 is 4.74 Å². The molecule has 7 heteroatoms. The monoisotopic (exact) mass is 341 g/mol. The Morgan fingerprint density at radius 3 is 2.70 bits per heavy atom. The van der Waals surface area contributed by atoms with E-state index in [2.05, 4.69) is 33.7 Å². The average molecular weight is 341 g/mol. The highest BCUT2D eigenvalue weighted by Gasteiger charge is 2.18. The SMILES string of the molecule is CCCCOCCOCCOc1nsnc1C1=CCCN(C)C1. The fourth-order valence-electron chi connectivity index (χ4n) is 2.30. The van der Waals surface area contributed by atoms with Gasteiger partial charge in [-0.05, 0) is 25.5 Å². The van der Waals surface area contributed by atoms with Gasteiger partial charge >= 0.3 is 0 Å². The lowest BCUT2D eigenvalue weighted by Gasteiger charge is -2.22. The minimum atomic E-state index is 0.483. The lowest BCUT2D eigenvalue weighted by atomic mass is 10.1. The molecule has 0 radical (unpaired) electrons. The normalized spacial score (nSPS) is 15.7. The van der Waals surface area contributed by atoms with Crippen LogP contribution in [0, 0.1) is 0 Å². The summed E-state index contributed by atoms with van der Waals surface area (Å²) in [5.41, 5.74) is 2.08. The number of aromatic nitrogens is 2. The van der Waals surface area contributed by atoms with Crippen LogP contribution in [-0.4, -0.2) is 66.8 Å². The summed E-state index contributed by atoms with van der Waals surface area (Å²) in [5.74, 6) is 0.624. The summed E-state index contributed by atoms with van der Waals surface area (Å²) in [6, 6.07) is 0. The smallest absolute Gasteiger partial charge is 0.253 e. The molecule has 0 aromatic carbocycles. The molecule has 0 N–H and O–H groups in total. The van der Waals surface area contributed by atoms with Gasteiger partial charge in [0, 0.05) is 19.7 Å². The molecule has 0 saturated heterocycles. The van der Waals surface area contributed by atoms with Gasteiger partial charge in [0.1, 0.15) is 12.3 Å². The number of unbranched alkanes of at least 4 members (excludes halogenated alkanes) is 1. The molecule has 6 nitrogen and oxygen atoms in total. The molecule has 0 fully saturated rings. The van der Waals surface area contributed by atoms with Crippen molar-refractivity contribution >= 4 is 17.3 Å². The third-order valence-corrected chi connectivity index (χ3v) is 4.10. The lowest BCUT2D eigenvalue weighted by Crippen LogP contribution is -2.25. The van der Waals surface area contributed by atoms with E-state index in [0.717, 1.165) is 44.7 Å². The minimum absolute atomic E-state index is 0.483. The fraction of sp³-hybridized carbons (Fsp3) is 0.750. The van der Waals surface area contributed by atoms with Gasteiger partial charge in [-0.1, -0.05) is 19.4 Å². The van der Waals surface area contributed by atoms with Crippen molar-refractivity contribution in [3.05, 3.63) is 11.8 Å². The molecule has 0 spiro atoms. The van der Waals surface area contributed by atoms with Crippen molar-refractivity contribution in [3.8, 4) is 5.88 Å². The van der Waals surface area contributed by atoms with Crippen molar-refractivity contribution in [1.29, 1.82) is 0 Å². The minimum Gasteiger partial charge on any atom is -0.473 e. The van der Waals surface area contributed by atoms with Crippen LogP contribution in [0.25, 0.3) is 5.57 Å². The molecule has 1 aromatic rings. The lowest BCUT2D eigenvalue weighted by molar-refractivity contribution is 0.0351. The highest BCUT2D eigenvalue weighted by atomic mass is 32.1. The predicted octanol–water partition coefficient (Wildman–Crippen LogP) is 2.47. The van der Waals surface area contributed by atoms with Crippen molar-refractivity contribution in [2.45, 2.75) is 26.2 Å². The second kappa shape index (κ2) is 10.7. The molecule has 23 heavy (non-hydrogen) atoms. The summed E-state index contributed by atoms with van der Waals surface area (Å²) in [6.07, 6.45) is 5.54. The van der Waals surface area contributed by atoms with E-state index in [0.29, 0.717) is 32.3 Å². The average Bonchev–Trinajstić information content (AvgIpc) is 3.02. The van der Waals surface area contributed by atoms with Gasteiger partial charge in [-0.2, -0.15) is 4.37 Å². The predicted molar refractivity (Wildman–Crippen MR) is 92.0 cm³/mol. The van der Waals surface area contributed by atoms with Crippen LogP contribution in [0.3, 0.4) is 0 Å². The first-order chi connectivity index (χ1) is 11.3. The molecule has 1 aliphatic heterocycles. The number of ether oxygens (including phenoxy) is 3. The van der Waals surface area contributed by atoms with Gasteiger partial charge in [0.2, 0.25) is 0 Å². The molecule has 0 unspecified atom stereocenters. The third kappa shape index (κ3) is 6.55. The van der Waals surface area contributed by atoms with E-state index in [1.807, 2.05) is 0 Å². The Hall–Kier alpha value is -1.02. The van der Waals surface area contributed by atoms with Crippen molar-refractivity contribution in [2.24, 2.45) is 0 Å². The van der Waals surface area contributed by atoms with E-state index in [4.69, 9.17) is 14.2 Å². The molecule has 1 aliphatic rings. The molecule has 0 amide bonds. The van der Waals surface area contributed by atoms with Crippen molar-refractivity contribution < 1.29 is 14.2 Å². The first kappa shape index (κ1) is 18.3. The molecule has 1 aromatic heterocycles. The highest BCUT2D eigenvalue weighted by molar-refractivity contribution is 6.99. The number of nitrogens with zero attached hydrogens (tertiary/aromatic N) is 3. The summed E-state index contributed by atoms with van der Waals surface area (Å²) >= 11 is 1.20. The van der Waals surface area contributed by atoms with Gasteiger partial charge < -0.3 is 19.1 Å². The summed E-state index contributed by atoms with van der Waals surface area (Å²) in [7, 11) is 2.11. The Kier molecular flexibility index (Phi) is 8.52. The zero-order valence-corrected chi connectivity index (χ0v) is 14.9. The molecule has 0 saturated carbocycles. The van der Waals surface area contributed by atoms with Crippen molar-refractivity contribution in [3.63, 3.8) is 0 Å². The van der Waals surface area contributed by atoms with Crippen LogP contribution in [-0.2, 0) is 9.47 Å². The van der Waals surface area contributed by atoms with Crippen LogP contribution >= 0.6 is 11.7 Å². The molecule has 2 rings (SSSR count). The Labute approximate surface area is 142 Å². The summed E-state index contributed by atoms with van der Waals surface area (Å²) in [6.45, 7) is 7.21. The molecule has 0 aliphatic carbocycles. The number of hydrogen-bond donors (Lipinski definition) is 0. The second-order valence-corrected chi connectivity index (χ2v) is 6.13. The highest BCUT2D eigenvalue weighted by Crippen LogP contribution is 2.26. The Morgan fingerprint density at radius 1 is 1.13 bits per heavy atom. The third-order valence-electron chi connectivity index (χ3n) is 3.59. The van der Waals surface area contributed by atoms with Gasteiger partial charge in [-0.25, -0.2) is 0 Å². The largest absolute Gasteiger partial charge is 0.473 e. The van der Waals surface area contributed by atoms with Gasteiger partial charge in [0.05, 0.1) is 31.5 Å². The molecule has 2 heterocycles. The Morgan fingerprint density at radius 2 is 1.91 bits per heavy atom. The maximum Gasteiger partial charge on any atom is 0.253 e. The van der Waals surface area contributed by atoms with Gasteiger partial charge in [0.15, 0.2) is 0 Å². The number of hydrogen-bond acceptors (Lipinski definition) is 7. The molecule has 0 atom stereocenters. The molecule has 130 valence electrons. The zero-order chi connectivity index (χ0) is 16.3. The zero-order valence-electron chi connectivity index (χ0n) is 14.1.